The summed E-state index contributed by atoms with van der Waals surface area (Å²) >= 11 is 3.45. The Kier molecular flexibility index (Phi) is 4.27. The molecule has 0 aliphatic carbocycles. The summed E-state index contributed by atoms with van der Waals surface area (Å²) in [5.74, 6) is 0.0921. The molecule has 0 spiro atoms. The van der Waals surface area contributed by atoms with E-state index in [2.05, 4.69) is 26.2 Å². The number of nitrogens with zero attached hydrogens (tertiary/aromatic N) is 3. The van der Waals surface area contributed by atoms with Crippen molar-refractivity contribution in [1.29, 1.82) is 0 Å². The maximum Gasteiger partial charge on any atom is 0.149 e. The first-order valence-corrected chi connectivity index (χ1v) is 7.62. The highest BCUT2D eigenvalue weighted by atomic mass is 79.9. The Labute approximate surface area is 97.9 Å². The molecule has 0 aliphatic rings. The standard InChI is InChI=1S/C8H14BrN3O2S/c1-3-7(9)8-6-12(11-10-8)4-5-15(2,13)14/h6-7H,3-5H2,1-2H3. The van der Waals surface area contributed by atoms with Crippen LogP contribution < -0.4 is 0 Å². The largest absolute Gasteiger partial charge is 0.251 e. The molecule has 86 valence electrons. The molecule has 7 heteroatoms. The zero-order chi connectivity index (χ0) is 11.5. The van der Waals surface area contributed by atoms with E-state index < -0.39 is 9.84 Å². The Morgan fingerprint density at radius 2 is 2.27 bits per heavy atom. The van der Waals surface area contributed by atoms with Gasteiger partial charge in [-0.15, -0.1) is 5.10 Å². The molecule has 5 nitrogen and oxygen atoms in total. The summed E-state index contributed by atoms with van der Waals surface area (Å²) in [5.41, 5.74) is 0.839. The van der Waals surface area contributed by atoms with Crippen molar-refractivity contribution in [2.45, 2.75) is 24.7 Å². The first-order chi connectivity index (χ1) is 6.92. The summed E-state index contributed by atoms with van der Waals surface area (Å²) in [5, 5.41) is 7.82. The average Bonchev–Trinajstić information content (AvgIpc) is 2.61. The summed E-state index contributed by atoms with van der Waals surface area (Å²) in [7, 11) is -2.94. The van der Waals surface area contributed by atoms with Gasteiger partial charge in [-0.1, -0.05) is 28.1 Å². The van der Waals surface area contributed by atoms with Crippen LogP contribution in [0.5, 0.6) is 0 Å². The topological polar surface area (TPSA) is 64.8 Å². The molecule has 0 saturated heterocycles. The van der Waals surface area contributed by atoms with Crippen LogP contribution >= 0.6 is 15.9 Å². The molecule has 1 atom stereocenters. The van der Waals surface area contributed by atoms with Crippen LogP contribution in [-0.2, 0) is 16.4 Å². The second-order valence-corrected chi connectivity index (χ2v) is 6.78. The lowest BCUT2D eigenvalue weighted by molar-refractivity contribution is 0.579. The van der Waals surface area contributed by atoms with Crippen LogP contribution in [0.4, 0.5) is 0 Å². The molecule has 0 aromatic carbocycles. The van der Waals surface area contributed by atoms with Gasteiger partial charge in [0.15, 0.2) is 0 Å². The Hall–Kier alpha value is -0.430. The zero-order valence-electron chi connectivity index (χ0n) is 8.72. The van der Waals surface area contributed by atoms with Crippen LogP contribution in [0.15, 0.2) is 6.20 Å². The second-order valence-electron chi connectivity index (χ2n) is 3.41. The van der Waals surface area contributed by atoms with E-state index in [9.17, 15) is 8.42 Å². The molecular weight excluding hydrogens is 282 g/mol. The lowest BCUT2D eigenvalue weighted by atomic mass is 10.3. The van der Waals surface area contributed by atoms with Gasteiger partial charge in [-0.05, 0) is 6.42 Å². The molecule has 0 fully saturated rings. The van der Waals surface area contributed by atoms with Crippen LogP contribution in [0, 0.1) is 0 Å². The molecule has 0 aliphatic heterocycles. The van der Waals surface area contributed by atoms with Gasteiger partial charge in [-0.3, -0.25) is 4.68 Å². The number of sulfone groups is 1. The number of aryl methyl sites for hydroxylation is 1. The molecule has 0 bridgehead atoms. The molecule has 15 heavy (non-hydrogen) atoms. The van der Waals surface area contributed by atoms with Crippen molar-refractivity contribution in [3.63, 3.8) is 0 Å². The highest BCUT2D eigenvalue weighted by Crippen LogP contribution is 2.23. The number of rotatable bonds is 5. The van der Waals surface area contributed by atoms with Gasteiger partial charge in [0, 0.05) is 12.5 Å². The Morgan fingerprint density at radius 1 is 1.60 bits per heavy atom. The van der Waals surface area contributed by atoms with Crippen molar-refractivity contribution < 1.29 is 8.42 Å². The normalized spacial score (nSPS) is 14.1. The van der Waals surface area contributed by atoms with Gasteiger partial charge in [0.05, 0.1) is 22.8 Å². The Morgan fingerprint density at radius 3 is 2.80 bits per heavy atom. The van der Waals surface area contributed by atoms with E-state index in [1.807, 2.05) is 6.92 Å². The maximum atomic E-state index is 10.9. The van der Waals surface area contributed by atoms with E-state index >= 15 is 0 Å². The fraction of sp³-hybridized carbons (Fsp3) is 0.750. The monoisotopic (exact) mass is 295 g/mol. The van der Waals surface area contributed by atoms with E-state index in [1.54, 1.807) is 10.9 Å². The van der Waals surface area contributed by atoms with Gasteiger partial charge in [-0.2, -0.15) is 0 Å². The van der Waals surface area contributed by atoms with Gasteiger partial charge >= 0.3 is 0 Å². The van der Waals surface area contributed by atoms with Crippen LogP contribution in [-0.4, -0.2) is 35.4 Å². The van der Waals surface area contributed by atoms with E-state index in [-0.39, 0.29) is 10.6 Å². The summed E-state index contributed by atoms with van der Waals surface area (Å²) < 4.78 is 23.4. The van der Waals surface area contributed by atoms with Crippen molar-refractivity contribution in [2.75, 3.05) is 12.0 Å². The van der Waals surface area contributed by atoms with Gasteiger partial charge < -0.3 is 0 Å². The number of alkyl halides is 1. The summed E-state index contributed by atoms with van der Waals surface area (Å²) in [4.78, 5) is 0.185. The van der Waals surface area contributed by atoms with Crippen molar-refractivity contribution in [2.24, 2.45) is 0 Å². The fourth-order valence-corrected chi connectivity index (χ4v) is 1.76. The van der Waals surface area contributed by atoms with Crippen molar-refractivity contribution in [3.05, 3.63) is 11.9 Å². The molecule has 1 aromatic heterocycles. The lowest BCUT2D eigenvalue weighted by Gasteiger charge is -1.99. The highest BCUT2D eigenvalue weighted by molar-refractivity contribution is 9.09. The smallest absolute Gasteiger partial charge is 0.149 e. The minimum absolute atomic E-state index is 0.0921. The quantitative estimate of drug-likeness (QED) is 0.765. The predicted molar refractivity (Wildman–Crippen MR) is 61.7 cm³/mol. The molecule has 1 rings (SSSR count). The first-order valence-electron chi connectivity index (χ1n) is 4.64. The van der Waals surface area contributed by atoms with Crippen molar-refractivity contribution in [3.8, 4) is 0 Å². The van der Waals surface area contributed by atoms with E-state index in [0.29, 0.717) is 6.54 Å². The number of hydrogen-bond acceptors (Lipinski definition) is 4. The van der Waals surface area contributed by atoms with Crippen LogP contribution in [0.2, 0.25) is 0 Å². The van der Waals surface area contributed by atoms with E-state index in [0.717, 1.165) is 12.1 Å². The molecule has 1 unspecified atom stereocenters. The average molecular weight is 296 g/mol. The maximum absolute atomic E-state index is 10.9. The zero-order valence-corrected chi connectivity index (χ0v) is 11.1. The van der Waals surface area contributed by atoms with Crippen LogP contribution in [0.1, 0.15) is 23.9 Å². The third kappa shape index (κ3) is 4.29. The molecule has 0 N–H and O–H groups in total. The number of halogens is 1. The predicted octanol–water partition coefficient (Wildman–Crippen LogP) is 1.17. The van der Waals surface area contributed by atoms with Gasteiger partial charge in [-0.25, -0.2) is 8.42 Å². The number of hydrogen-bond donors (Lipinski definition) is 0. The molecule has 1 heterocycles. The fourth-order valence-electron chi connectivity index (χ4n) is 1.03. The van der Waals surface area contributed by atoms with Crippen LogP contribution in [0.25, 0.3) is 0 Å². The van der Waals surface area contributed by atoms with Gasteiger partial charge in [0.2, 0.25) is 0 Å². The number of aromatic nitrogens is 3. The summed E-state index contributed by atoms with van der Waals surface area (Å²) in [6.07, 6.45) is 3.91. The Balaban J connectivity index is 2.61. The highest BCUT2D eigenvalue weighted by Gasteiger charge is 2.10. The van der Waals surface area contributed by atoms with Crippen LogP contribution in [0.3, 0.4) is 0 Å². The minimum atomic E-state index is -2.94. The van der Waals surface area contributed by atoms with Gasteiger partial charge in [0.25, 0.3) is 0 Å². The van der Waals surface area contributed by atoms with Crippen molar-refractivity contribution >= 4 is 25.8 Å². The molecule has 1 aromatic rings. The SMILES string of the molecule is CCC(Br)c1cn(CCS(C)(=O)=O)nn1. The summed E-state index contributed by atoms with van der Waals surface area (Å²) in [6.45, 7) is 2.39. The Bertz CT molecular complexity index is 415. The van der Waals surface area contributed by atoms with Gasteiger partial charge in [0.1, 0.15) is 9.84 Å². The van der Waals surface area contributed by atoms with E-state index in [4.69, 9.17) is 0 Å². The molecule has 0 amide bonds. The van der Waals surface area contributed by atoms with E-state index in [1.165, 1.54) is 6.26 Å². The first kappa shape index (κ1) is 12.6. The summed E-state index contributed by atoms with van der Waals surface area (Å²) in [6, 6.07) is 0. The molecular formula is C8H14BrN3O2S. The van der Waals surface area contributed by atoms with Crippen molar-refractivity contribution in [1.82, 2.24) is 15.0 Å². The molecule has 0 radical (unpaired) electrons. The third-order valence-electron chi connectivity index (χ3n) is 1.93. The lowest BCUT2D eigenvalue weighted by Crippen LogP contribution is -2.11. The minimum Gasteiger partial charge on any atom is -0.251 e. The second kappa shape index (κ2) is 5.07. The third-order valence-corrected chi connectivity index (χ3v) is 3.97. The molecule has 0 saturated carbocycles.